The summed E-state index contributed by atoms with van der Waals surface area (Å²) in [7, 11) is 2.17. The number of likely N-dealkylation sites (N-methyl/N-ethyl adjacent to an activating group) is 1. The quantitative estimate of drug-likeness (QED) is 0.366. The van der Waals surface area contributed by atoms with E-state index >= 15 is 0 Å². The molecule has 4 aromatic rings. The van der Waals surface area contributed by atoms with Crippen LogP contribution in [0.5, 0.6) is 0 Å². The Morgan fingerprint density at radius 2 is 1.67 bits per heavy atom. The van der Waals surface area contributed by atoms with Crippen LogP contribution in [-0.4, -0.2) is 48.1 Å². The second kappa shape index (κ2) is 9.31. The number of nitrogen functional groups attached to an aromatic ring is 1. The number of hydrogen-bond acceptors (Lipinski definition) is 6. The highest BCUT2D eigenvalue weighted by molar-refractivity contribution is 7.13. The van der Waals surface area contributed by atoms with E-state index in [2.05, 4.69) is 51.1 Å². The first-order valence-corrected chi connectivity index (χ1v) is 12.3. The molecule has 8 heteroatoms. The molecule has 5 rings (SSSR count). The molecule has 1 fully saturated rings. The van der Waals surface area contributed by atoms with Crippen LogP contribution in [0.4, 0.5) is 11.5 Å². The number of nitrogens with two attached hydrogens (primary N) is 1. The highest BCUT2D eigenvalue weighted by Gasteiger charge is 2.19. The third-order valence-electron chi connectivity index (χ3n) is 6.01. The second-order valence-corrected chi connectivity index (χ2v) is 9.77. The highest BCUT2D eigenvalue weighted by atomic mass is 35.5. The van der Waals surface area contributed by atoms with E-state index in [4.69, 9.17) is 28.9 Å². The standard InChI is InChI=1S/C25H23Cl2N5S/c1-31-9-11-32(12-10-31)18-7-5-16(6-8-18)17-13-20(25(28)29-14-17)23-24(33-15-30-23)19-3-2-4-21(26)22(19)27/h2-8,13-15H,9-12H2,1H3,(H2,28,29). The van der Waals surface area contributed by atoms with Crippen LogP contribution in [0.25, 0.3) is 32.8 Å². The molecule has 168 valence electrons. The SMILES string of the molecule is CN1CCN(c2ccc(-c3cnc(N)c(-c4ncsc4-c4cccc(Cl)c4Cl)c3)cc2)CC1. The smallest absolute Gasteiger partial charge is 0.132 e. The minimum atomic E-state index is 0.429. The Hall–Kier alpha value is -2.64. The average Bonchev–Trinajstić information content (AvgIpc) is 3.31. The van der Waals surface area contributed by atoms with Crippen molar-refractivity contribution in [2.45, 2.75) is 0 Å². The molecule has 0 aliphatic carbocycles. The number of thiazole rings is 1. The minimum absolute atomic E-state index is 0.429. The highest BCUT2D eigenvalue weighted by Crippen LogP contribution is 2.42. The third-order valence-corrected chi connectivity index (χ3v) is 7.69. The van der Waals surface area contributed by atoms with Gasteiger partial charge < -0.3 is 15.5 Å². The summed E-state index contributed by atoms with van der Waals surface area (Å²) >= 11 is 14.2. The number of pyridine rings is 1. The number of halogens is 2. The lowest BCUT2D eigenvalue weighted by Crippen LogP contribution is -2.44. The van der Waals surface area contributed by atoms with Crippen molar-refractivity contribution >= 4 is 46.0 Å². The molecule has 0 radical (unpaired) electrons. The van der Waals surface area contributed by atoms with Gasteiger partial charge in [-0.3, -0.25) is 0 Å². The molecule has 3 heterocycles. The fourth-order valence-electron chi connectivity index (χ4n) is 4.06. The van der Waals surface area contributed by atoms with Crippen molar-refractivity contribution in [3.8, 4) is 32.8 Å². The van der Waals surface area contributed by atoms with Gasteiger partial charge in [-0.25, -0.2) is 9.97 Å². The molecule has 1 saturated heterocycles. The van der Waals surface area contributed by atoms with Crippen molar-refractivity contribution < 1.29 is 0 Å². The Kier molecular flexibility index (Phi) is 6.25. The van der Waals surface area contributed by atoms with E-state index in [-0.39, 0.29) is 0 Å². The number of anilines is 2. The number of piperazine rings is 1. The van der Waals surface area contributed by atoms with Gasteiger partial charge in [0.05, 0.1) is 26.1 Å². The lowest BCUT2D eigenvalue weighted by molar-refractivity contribution is 0.313. The van der Waals surface area contributed by atoms with Gasteiger partial charge in [0, 0.05) is 54.8 Å². The van der Waals surface area contributed by atoms with Crippen molar-refractivity contribution in [1.29, 1.82) is 0 Å². The van der Waals surface area contributed by atoms with Crippen LogP contribution >= 0.6 is 34.5 Å². The maximum Gasteiger partial charge on any atom is 0.132 e. The topological polar surface area (TPSA) is 58.3 Å². The van der Waals surface area contributed by atoms with Gasteiger partial charge in [0.15, 0.2) is 0 Å². The lowest BCUT2D eigenvalue weighted by Gasteiger charge is -2.34. The van der Waals surface area contributed by atoms with E-state index in [1.54, 1.807) is 11.6 Å². The number of hydrogen-bond donors (Lipinski definition) is 1. The summed E-state index contributed by atoms with van der Waals surface area (Å²) < 4.78 is 0. The molecule has 33 heavy (non-hydrogen) atoms. The molecule has 0 spiro atoms. The first kappa shape index (κ1) is 22.2. The van der Waals surface area contributed by atoms with Crippen molar-refractivity contribution in [1.82, 2.24) is 14.9 Å². The summed E-state index contributed by atoms with van der Waals surface area (Å²) in [5.41, 5.74) is 13.8. The van der Waals surface area contributed by atoms with Crippen molar-refractivity contribution in [2.75, 3.05) is 43.9 Å². The molecular weight excluding hydrogens is 473 g/mol. The van der Waals surface area contributed by atoms with Crippen molar-refractivity contribution in [3.63, 3.8) is 0 Å². The lowest BCUT2D eigenvalue weighted by atomic mass is 10.0. The normalized spacial score (nSPS) is 14.6. The Bertz CT molecular complexity index is 1280. The van der Waals surface area contributed by atoms with Gasteiger partial charge in [0.1, 0.15) is 5.82 Å². The summed E-state index contributed by atoms with van der Waals surface area (Å²) in [6, 6.07) is 16.3. The van der Waals surface area contributed by atoms with Gasteiger partial charge in [0.2, 0.25) is 0 Å². The Balaban J connectivity index is 1.48. The average molecular weight is 496 g/mol. The van der Waals surface area contributed by atoms with Crippen molar-refractivity contribution in [3.05, 3.63) is 70.3 Å². The molecule has 2 aromatic carbocycles. The maximum absolute atomic E-state index is 6.49. The van der Waals surface area contributed by atoms with E-state index < -0.39 is 0 Å². The van der Waals surface area contributed by atoms with E-state index in [9.17, 15) is 0 Å². The van der Waals surface area contributed by atoms with E-state index in [0.29, 0.717) is 15.9 Å². The number of benzene rings is 2. The molecule has 1 aliphatic rings. The molecule has 0 saturated carbocycles. The number of rotatable bonds is 4. The van der Waals surface area contributed by atoms with Gasteiger partial charge in [-0.2, -0.15) is 0 Å². The zero-order chi connectivity index (χ0) is 22.9. The summed E-state index contributed by atoms with van der Waals surface area (Å²) in [5, 5.41) is 1.01. The zero-order valence-corrected chi connectivity index (χ0v) is 20.5. The van der Waals surface area contributed by atoms with Crippen LogP contribution in [0.2, 0.25) is 10.0 Å². The second-order valence-electron chi connectivity index (χ2n) is 8.13. The van der Waals surface area contributed by atoms with Gasteiger partial charge >= 0.3 is 0 Å². The Labute approximate surface area is 207 Å². The third kappa shape index (κ3) is 4.44. The molecule has 2 aromatic heterocycles. The summed E-state index contributed by atoms with van der Waals surface area (Å²) in [6.45, 7) is 4.25. The van der Waals surface area contributed by atoms with E-state index in [1.807, 2.05) is 24.4 Å². The molecule has 5 nitrogen and oxygen atoms in total. The van der Waals surface area contributed by atoms with Gasteiger partial charge in [-0.15, -0.1) is 11.3 Å². The first-order valence-electron chi connectivity index (χ1n) is 10.7. The molecule has 1 aliphatic heterocycles. The predicted molar refractivity (Wildman–Crippen MR) is 140 cm³/mol. The summed E-state index contributed by atoms with van der Waals surface area (Å²) in [5.74, 6) is 0.429. The number of aromatic nitrogens is 2. The van der Waals surface area contributed by atoms with Crippen LogP contribution in [0.3, 0.4) is 0 Å². The largest absolute Gasteiger partial charge is 0.383 e. The minimum Gasteiger partial charge on any atom is -0.383 e. The fraction of sp³-hybridized carbons (Fsp3) is 0.200. The number of nitrogens with zero attached hydrogens (tertiary/aromatic N) is 4. The van der Waals surface area contributed by atoms with Crippen LogP contribution in [-0.2, 0) is 0 Å². The molecule has 0 atom stereocenters. The Morgan fingerprint density at radius 1 is 0.909 bits per heavy atom. The molecule has 0 bridgehead atoms. The fourth-order valence-corrected chi connectivity index (χ4v) is 5.35. The van der Waals surface area contributed by atoms with Crippen LogP contribution in [0, 0.1) is 0 Å². The maximum atomic E-state index is 6.49. The summed E-state index contributed by atoms with van der Waals surface area (Å²) in [6.07, 6.45) is 1.81. The van der Waals surface area contributed by atoms with Crippen molar-refractivity contribution in [2.24, 2.45) is 0 Å². The van der Waals surface area contributed by atoms with Crippen LogP contribution in [0.15, 0.2) is 60.2 Å². The zero-order valence-electron chi connectivity index (χ0n) is 18.1. The predicted octanol–water partition coefficient (Wildman–Crippen LogP) is 6.18. The van der Waals surface area contributed by atoms with Gasteiger partial charge in [-0.1, -0.05) is 47.5 Å². The first-order chi connectivity index (χ1) is 16.0. The van der Waals surface area contributed by atoms with Crippen LogP contribution < -0.4 is 10.6 Å². The van der Waals surface area contributed by atoms with E-state index in [1.165, 1.54) is 17.0 Å². The summed E-state index contributed by atoms with van der Waals surface area (Å²) in [4.78, 5) is 14.8. The molecular formula is C25H23Cl2N5S. The van der Waals surface area contributed by atoms with E-state index in [0.717, 1.165) is 59.0 Å². The van der Waals surface area contributed by atoms with Crippen LogP contribution in [0.1, 0.15) is 0 Å². The van der Waals surface area contributed by atoms with Gasteiger partial charge in [0.25, 0.3) is 0 Å². The molecule has 0 amide bonds. The van der Waals surface area contributed by atoms with Gasteiger partial charge in [-0.05, 0) is 36.9 Å². The molecule has 0 unspecified atom stereocenters. The Morgan fingerprint density at radius 3 is 2.42 bits per heavy atom. The molecule has 2 N–H and O–H groups in total. The monoisotopic (exact) mass is 495 g/mol.